The van der Waals surface area contributed by atoms with Crippen molar-refractivity contribution >= 4 is 29.0 Å². The Bertz CT molecular complexity index is 1080. The van der Waals surface area contributed by atoms with Gasteiger partial charge >= 0.3 is 5.97 Å². The number of likely N-dealkylation sites (tertiary alicyclic amines) is 1. The van der Waals surface area contributed by atoms with Crippen molar-refractivity contribution in [2.45, 2.75) is 65.0 Å². The summed E-state index contributed by atoms with van der Waals surface area (Å²) in [7, 11) is 0. The lowest BCUT2D eigenvalue weighted by Gasteiger charge is -2.22. The van der Waals surface area contributed by atoms with Crippen LogP contribution in [0.4, 0.5) is 23.4 Å². The van der Waals surface area contributed by atoms with Crippen LogP contribution < -0.4 is 5.32 Å². The van der Waals surface area contributed by atoms with E-state index in [2.05, 4.69) is 15.3 Å². The van der Waals surface area contributed by atoms with Crippen LogP contribution in [0.25, 0.3) is 10.4 Å². The third-order valence-electron chi connectivity index (χ3n) is 4.99. The number of hydrogen-bond acceptors (Lipinski definition) is 7. The number of halogens is 4. The van der Waals surface area contributed by atoms with Gasteiger partial charge in [0.05, 0.1) is 18.0 Å². The van der Waals surface area contributed by atoms with E-state index in [0.29, 0.717) is 11.3 Å². The Morgan fingerprint density at radius 2 is 2.03 bits per heavy atom. The van der Waals surface area contributed by atoms with E-state index in [-0.39, 0.29) is 33.6 Å². The van der Waals surface area contributed by atoms with Crippen molar-refractivity contribution < 1.29 is 31.9 Å². The van der Waals surface area contributed by atoms with E-state index in [1.54, 1.807) is 6.92 Å². The number of alkyl halides is 4. The number of amides is 1. The lowest BCUT2D eigenvalue weighted by Crippen LogP contribution is -2.35. The first-order valence-electron chi connectivity index (χ1n) is 10.7. The molecule has 1 aliphatic rings. The van der Waals surface area contributed by atoms with Gasteiger partial charge in [0.2, 0.25) is 5.01 Å². The van der Waals surface area contributed by atoms with Gasteiger partial charge in [-0.05, 0) is 40.7 Å². The molecule has 12 heteroatoms. The first kappa shape index (κ1) is 25.9. The van der Waals surface area contributed by atoms with E-state index in [1.807, 2.05) is 20.8 Å². The van der Waals surface area contributed by atoms with E-state index in [9.17, 15) is 27.2 Å². The summed E-state index contributed by atoms with van der Waals surface area (Å²) in [5.41, 5.74) is -1.36. The van der Waals surface area contributed by atoms with Gasteiger partial charge in [0.15, 0.2) is 0 Å². The topological polar surface area (TPSA) is 84.4 Å². The van der Waals surface area contributed by atoms with Crippen LogP contribution in [-0.2, 0) is 4.74 Å². The molecule has 0 bridgehead atoms. The third kappa shape index (κ3) is 5.65. The molecule has 2 aromatic rings. The van der Waals surface area contributed by atoms with Gasteiger partial charge in [-0.25, -0.2) is 32.3 Å². The smallest absolute Gasteiger partial charge is 0.367 e. The molecule has 3 heterocycles. The van der Waals surface area contributed by atoms with E-state index in [0.717, 1.165) is 17.2 Å². The average Bonchev–Trinajstić information content (AvgIpc) is 3.26. The summed E-state index contributed by atoms with van der Waals surface area (Å²) in [5, 5.41) is 2.76. The largest absolute Gasteiger partial charge is 0.461 e. The fourth-order valence-electron chi connectivity index (χ4n) is 3.64. The fourth-order valence-corrected chi connectivity index (χ4v) is 4.62. The van der Waals surface area contributed by atoms with Gasteiger partial charge in [0.25, 0.3) is 18.3 Å². The minimum Gasteiger partial charge on any atom is -0.461 e. The number of pyridine rings is 1. The fraction of sp³-hybridized carbons (Fsp3) is 0.545. The number of nitrogens with zero attached hydrogens (tertiary/aromatic N) is 3. The molecule has 2 aromatic heterocycles. The molecule has 7 nitrogen and oxygen atoms in total. The summed E-state index contributed by atoms with van der Waals surface area (Å²) < 4.78 is 60.9. The Hall–Kier alpha value is -2.76. The summed E-state index contributed by atoms with van der Waals surface area (Å²) in [4.78, 5) is 34.6. The normalized spacial score (nSPS) is 17.8. The summed E-state index contributed by atoms with van der Waals surface area (Å²) in [5.74, 6) is -4.60. The lowest BCUT2D eigenvalue weighted by atomic mass is 10.1. The van der Waals surface area contributed by atoms with Crippen molar-refractivity contribution in [1.29, 1.82) is 0 Å². The minimum atomic E-state index is -3.08. The zero-order chi connectivity index (χ0) is 25.4. The molecule has 1 amide bonds. The summed E-state index contributed by atoms with van der Waals surface area (Å²) in [6.45, 7) is 7.76. The number of hydrogen-bond donors (Lipinski definition) is 1. The standard InChI is InChI=1S/C22H26F4N4O3S/c1-6-33-20(32)18-28-15(19(31)30-10-22(25,26)8-11(30)2)16(34-18)13-9-27-14(29-21(3,4)5)7-12(13)17(23)24/h7,9,11,17H,6,8,10H2,1-5H3,(H,27,29)/t11-/m0/s1. The van der Waals surface area contributed by atoms with E-state index < -0.39 is 54.3 Å². The Kier molecular flexibility index (Phi) is 7.20. The lowest BCUT2D eigenvalue weighted by molar-refractivity contribution is 0.0117. The molecule has 1 N–H and O–H groups in total. The van der Waals surface area contributed by atoms with Gasteiger partial charge in [-0.15, -0.1) is 11.3 Å². The van der Waals surface area contributed by atoms with Gasteiger partial charge in [-0.1, -0.05) is 0 Å². The van der Waals surface area contributed by atoms with Crippen LogP contribution in [0.1, 0.15) is 73.3 Å². The van der Waals surface area contributed by atoms with Crippen LogP contribution in [0.5, 0.6) is 0 Å². The summed E-state index contributed by atoms with van der Waals surface area (Å²) in [6.07, 6.45) is -2.30. The van der Waals surface area contributed by atoms with Crippen LogP contribution in [0.3, 0.4) is 0 Å². The predicted molar refractivity (Wildman–Crippen MR) is 120 cm³/mol. The summed E-state index contributed by atoms with van der Waals surface area (Å²) >= 11 is 0.685. The number of ether oxygens (including phenoxy) is 1. The number of carbonyl (C=O) groups excluding carboxylic acids is 2. The first-order chi connectivity index (χ1) is 15.7. The molecule has 0 unspecified atom stereocenters. The molecule has 0 aromatic carbocycles. The molecular formula is C22H26F4N4O3S. The van der Waals surface area contributed by atoms with E-state index >= 15 is 0 Å². The molecule has 0 spiro atoms. The highest BCUT2D eigenvalue weighted by atomic mass is 32.1. The molecular weight excluding hydrogens is 476 g/mol. The maximum Gasteiger partial charge on any atom is 0.367 e. The molecule has 34 heavy (non-hydrogen) atoms. The Labute approximate surface area is 198 Å². The minimum absolute atomic E-state index is 0.0312. The SMILES string of the molecule is CCOC(=O)c1nc(C(=O)N2CC(F)(F)C[C@@H]2C)c(-c2cnc(NC(C)(C)C)cc2C(F)F)s1. The van der Waals surface area contributed by atoms with E-state index in [4.69, 9.17) is 4.74 Å². The highest BCUT2D eigenvalue weighted by molar-refractivity contribution is 7.17. The second-order valence-electron chi connectivity index (χ2n) is 9.09. The summed E-state index contributed by atoms with van der Waals surface area (Å²) in [6, 6.07) is 0.366. The van der Waals surface area contributed by atoms with Crippen molar-refractivity contribution in [2.75, 3.05) is 18.5 Å². The molecule has 0 aliphatic carbocycles. The third-order valence-corrected chi connectivity index (χ3v) is 6.06. The highest BCUT2D eigenvalue weighted by Crippen LogP contribution is 2.40. The molecule has 0 saturated carbocycles. The van der Waals surface area contributed by atoms with Gasteiger partial charge in [-0.3, -0.25) is 4.79 Å². The van der Waals surface area contributed by atoms with Gasteiger partial charge < -0.3 is 15.0 Å². The molecule has 1 fully saturated rings. The van der Waals surface area contributed by atoms with Gasteiger partial charge in [0, 0.05) is 35.3 Å². The highest BCUT2D eigenvalue weighted by Gasteiger charge is 2.46. The number of nitrogens with one attached hydrogen (secondary N) is 1. The molecule has 1 saturated heterocycles. The molecule has 1 aliphatic heterocycles. The zero-order valence-corrected chi connectivity index (χ0v) is 20.2. The zero-order valence-electron chi connectivity index (χ0n) is 19.4. The quantitative estimate of drug-likeness (QED) is 0.421. The molecule has 0 radical (unpaired) electrons. The van der Waals surface area contributed by atoms with Gasteiger partial charge in [0.1, 0.15) is 11.5 Å². The number of thiazole rings is 1. The second kappa shape index (κ2) is 9.47. The average molecular weight is 503 g/mol. The maximum absolute atomic E-state index is 14.1. The monoisotopic (exact) mass is 502 g/mol. The van der Waals surface area contributed by atoms with Gasteiger partial charge in [-0.2, -0.15) is 0 Å². The van der Waals surface area contributed by atoms with Crippen molar-refractivity contribution in [2.24, 2.45) is 0 Å². The Morgan fingerprint density at radius 3 is 2.56 bits per heavy atom. The van der Waals surface area contributed by atoms with Crippen molar-refractivity contribution in [3.63, 3.8) is 0 Å². The maximum atomic E-state index is 14.1. The number of carbonyl (C=O) groups is 2. The van der Waals surface area contributed by atoms with Crippen LogP contribution in [-0.4, -0.2) is 57.4 Å². The molecule has 1 atom stereocenters. The van der Waals surface area contributed by atoms with Crippen LogP contribution in [0.15, 0.2) is 12.3 Å². The number of rotatable bonds is 6. The van der Waals surface area contributed by atoms with Crippen LogP contribution >= 0.6 is 11.3 Å². The molecule has 186 valence electrons. The number of anilines is 1. The van der Waals surface area contributed by atoms with Crippen molar-refractivity contribution in [3.8, 4) is 10.4 Å². The number of aromatic nitrogens is 2. The first-order valence-corrected chi connectivity index (χ1v) is 11.5. The van der Waals surface area contributed by atoms with E-state index in [1.165, 1.54) is 6.92 Å². The number of esters is 1. The second-order valence-corrected chi connectivity index (χ2v) is 10.1. The molecule has 3 rings (SSSR count). The Balaban J connectivity index is 2.13. The van der Waals surface area contributed by atoms with Crippen LogP contribution in [0.2, 0.25) is 0 Å². The van der Waals surface area contributed by atoms with Crippen molar-refractivity contribution in [3.05, 3.63) is 28.5 Å². The van der Waals surface area contributed by atoms with Crippen LogP contribution in [0, 0.1) is 0 Å². The Morgan fingerprint density at radius 1 is 1.35 bits per heavy atom. The van der Waals surface area contributed by atoms with Crippen molar-refractivity contribution in [1.82, 2.24) is 14.9 Å². The predicted octanol–water partition coefficient (Wildman–Crippen LogP) is 5.40.